The van der Waals surface area contributed by atoms with Crippen LogP contribution in [0.15, 0.2) is 42.5 Å². The summed E-state index contributed by atoms with van der Waals surface area (Å²) in [6, 6.07) is 10.9. The van der Waals surface area contributed by atoms with Crippen LogP contribution in [0.2, 0.25) is 0 Å². The molecule has 2 heterocycles. The molecule has 2 aromatic carbocycles. The van der Waals surface area contributed by atoms with E-state index in [0.29, 0.717) is 39.3 Å². The zero-order valence-corrected chi connectivity index (χ0v) is 16.7. The Morgan fingerprint density at radius 3 is 2.30 bits per heavy atom. The maximum atomic E-state index is 13.4. The van der Waals surface area contributed by atoms with Crippen molar-refractivity contribution < 1.29 is 23.1 Å². The van der Waals surface area contributed by atoms with Crippen molar-refractivity contribution in [3.05, 3.63) is 59.7 Å². The number of halogens is 2. The molecule has 0 atom stereocenters. The Bertz CT molecular complexity index is 954. The third kappa shape index (κ3) is 3.81. The summed E-state index contributed by atoms with van der Waals surface area (Å²) in [4.78, 5) is 30.7. The quantitative estimate of drug-likeness (QED) is 0.770. The van der Waals surface area contributed by atoms with Crippen LogP contribution in [0.4, 0.5) is 14.5 Å². The summed E-state index contributed by atoms with van der Waals surface area (Å²) >= 11 is 0. The third-order valence-electron chi connectivity index (χ3n) is 5.70. The number of methoxy groups -OCH3 is 1. The second kappa shape index (κ2) is 8.30. The van der Waals surface area contributed by atoms with Crippen LogP contribution in [-0.2, 0) is 4.79 Å². The van der Waals surface area contributed by atoms with Gasteiger partial charge in [0.2, 0.25) is 5.91 Å². The van der Waals surface area contributed by atoms with Crippen molar-refractivity contribution in [2.75, 3.05) is 51.3 Å². The number of para-hydroxylation sites is 2. The van der Waals surface area contributed by atoms with Gasteiger partial charge >= 0.3 is 0 Å². The lowest BCUT2D eigenvalue weighted by Crippen LogP contribution is -2.59. The molecule has 0 spiro atoms. The number of piperazine rings is 1. The molecule has 0 bridgehead atoms. The molecule has 0 unspecified atom stereocenters. The van der Waals surface area contributed by atoms with E-state index >= 15 is 0 Å². The van der Waals surface area contributed by atoms with Crippen LogP contribution in [0.1, 0.15) is 10.4 Å². The van der Waals surface area contributed by atoms with Gasteiger partial charge in [0.15, 0.2) is 11.6 Å². The van der Waals surface area contributed by atoms with Crippen LogP contribution < -0.4 is 9.64 Å². The number of likely N-dealkylation sites (tertiary alicyclic amines) is 1. The van der Waals surface area contributed by atoms with Crippen molar-refractivity contribution in [2.24, 2.45) is 5.92 Å². The number of amides is 2. The lowest BCUT2D eigenvalue weighted by atomic mass is 9.96. The Morgan fingerprint density at radius 1 is 0.933 bits per heavy atom. The van der Waals surface area contributed by atoms with Gasteiger partial charge in [0.05, 0.1) is 18.7 Å². The van der Waals surface area contributed by atoms with Gasteiger partial charge in [-0.3, -0.25) is 9.59 Å². The summed E-state index contributed by atoms with van der Waals surface area (Å²) in [6.45, 7) is 3.20. The van der Waals surface area contributed by atoms with Crippen LogP contribution in [0, 0.1) is 17.6 Å². The summed E-state index contributed by atoms with van der Waals surface area (Å²) < 4.78 is 31.8. The van der Waals surface area contributed by atoms with E-state index in [-0.39, 0.29) is 23.3 Å². The molecule has 6 nitrogen and oxygen atoms in total. The van der Waals surface area contributed by atoms with Gasteiger partial charge in [-0.05, 0) is 30.3 Å². The molecule has 0 aromatic heterocycles. The molecule has 0 saturated carbocycles. The highest BCUT2D eigenvalue weighted by Crippen LogP contribution is 2.29. The fraction of sp³-hybridized carbons (Fsp3) is 0.364. The van der Waals surface area contributed by atoms with Crippen LogP contribution in [0.3, 0.4) is 0 Å². The lowest BCUT2D eigenvalue weighted by Gasteiger charge is -2.43. The van der Waals surface area contributed by atoms with Crippen molar-refractivity contribution in [3.63, 3.8) is 0 Å². The number of carbonyl (C=O) groups excluding carboxylic acids is 2. The molecule has 2 fully saturated rings. The summed E-state index contributed by atoms with van der Waals surface area (Å²) in [5.41, 5.74) is 1.10. The highest BCUT2D eigenvalue weighted by molar-refractivity contribution is 5.96. The number of hydrogen-bond acceptors (Lipinski definition) is 4. The summed E-state index contributed by atoms with van der Waals surface area (Å²) in [5.74, 6) is -1.85. The van der Waals surface area contributed by atoms with Crippen LogP contribution in [0.25, 0.3) is 0 Å². The molecular formula is C22H23F2N3O3. The Morgan fingerprint density at radius 2 is 1.63 bits per heavy atom. The molecule has 2 aromatic rings. The predicted octanol–water partition coefficient (Wildman–Crippen LogP) is 2.39. The maximum Gasteiger partial charge on any atom is 0.254 e. The van der Waals surface area contributed by atoms with Gasteiger partial charge < -0.3 is 19.4 Å². The fourth-order valence-corrected chi connectivity index (χ4v) is 3.93. The number of benzene rings is 2. The molecule has 158 valence electrons. The van der Waals surface area contributed by atoms with Crippen molar-refractivity contribution in [1.29, 1.82) is 0 Å². The molecule has 0 N–H and O–H groups in total. The van der Waals surface area contributed by atoms with Crippen molar-refractivity contribution in [1.82, 2.24) is 9.80 Å². The standard InChI is InChI=1S/C22H23F2N3O3/c1-30-20-5-3-2-4-19(20)25-8-10-26(11-9-25)22(29)16-13-27(14-16)21(28)15-6-7-17(23)18(24)12-15/h2-7,12,16H,8-11,13-14H2,1H3. The molecule has 2 saturated heterocycles. The van der Waals surface area contributed by atoms with Crippen LogP contribution in [0.5, 0.6) is 5.75 Å². The Balaban J connectivity index is 1.30. The van der Waals surface area contributed by atoms with Crippen LogP contribution >= 0.6 is 0 Å². The first-order valence-electron chi connectivity index (χ1n) is 9.89. The lowest BCUT2D eigenvalue weighted by molar-refractivity contribution is -0.140. The van der Waals surface area contributed by atoms with E-state index in [2.05, 4.69) is 4.90 Å². The van der Waals surface area contributed by atoms with E-state index in [9.17, 15) is 18.4 Å². The number of ether oxygens (including phenoxy) is 1. The number of anilines is 1. The molecule has 2 aliphatic rings. The van der Waals surface area contributed by atoms with Crippen molar-refractivity contribution >= 4 is 17.5 Å². The van der Waals surface area contributed by atoms with E-state index in [0.717, 1.165) is 23.6 Å². The maximum absolute atomic E-state index is 13.4. The molecule has 2 amide bonds. The minimum atomic E-state index is -1.05. The minimum absolute atomic E-state index is 0.0315. The fourth-order valence-electron chi connectivity index (χ4n) is 3.93. The summed E-state index contributed by atoms with van der Waals surface area (Å²) in [5, 5.41) is 0. The average molecular weight is 415 g/mol. The highest BCUT2D eigenvalue weighted by Gasteiger charge is 2.39. The third-order valence-corrected chi connectivity index (χ3v) is 5.70. The SMILES string of the molecule is COc1ccccc1N1CCN(C(=O)C2CN(C(=O)c3ccc(F)c(F)c3)C2)CC1. The average Bonchev–Trinajstić information content (AvgIpc) is 2.74. The first-order valence-corrected chi connectivity index (χ1v) is 9.89. The number of nitrogens with zero attached hydrogens (tertiary/aromatic N) is 3. The number of carbonyl (C=O) groups is 2. The molecule has 30 heavy (non-hydrogen) atoms. The van der Waals surface area contributed by atoms with Gasteiger partial charge in [-0.1, -0.05) is 12.1 Å². The first kappa shape index (κ1) is 20.1. The summed E-state index contributed by atoms with van der Waals surface area (Å²) in [6.07, 6.45) is 0. The normalized spacial score (nSPS) is 17.0. The predicted molar refractivity (Wildman–Crippen MR) is 108 cm³/mol. The topological polar surface area (TPSA) is 53.1 Å². The molecule has 4 rings (SSSR count). The largest absolute Gasteiger partial charge is 0.495 e. The van der Waals surface area contributed by atoms with E-state index in [1.807, 2.05) is 29.2 Å². The van der Waals surface area contributed by atoms with Gasteiger partial charge in [-0.15, -0.1) is 0 Å². The van der Waals surface area contributed by atoms with E-state index in [4.69, 9.17) is 4.74 Å². The monoisotopic (exact) mass is 415 g/mol. The van der Waals surface area contributed by atoms with Gasteiger partial charge in [0.25, 0.3) is 5.91 Å². The second-order valence-electron chi connectivity index (χ2n) is 7.52. The van der Waals surface area contributed by atoms with Gasteiger partial charge in [0, 0.05) is 44.8 Å². The Hall–Kier alpha value is -3.16. The molecular weight excluding hydrogens is 392 g/mol. The first-order chi connectivity index (χ1) is 14.5. The minimum Gasteiger partial charge on any atom is -0.495 e. The van der Waals surface area contributed by atoms with E-state index in [1.54, 1.807) is 7.11 Å². The van der Waals surface area contributed by atoms with Crippen molar-refractivity contribution in [3.8, 4) is 5.75 Å². The molecule has 8 heteroatoms. The molecule has 0 radical (unpaired) electrons. The molecule has 0 aliphatic carbocycles. The zero-order chi connectivity index (χ0) is 21.3. The highest BCUT2D eigenvalue weighted by atomic mass is 19.2. The summed E-state index contributed by atoms with van der Waals surface area (Å²) in [7, 11) is 1.64. The molecule has 2 aliphatic heterocycles. The van der Waals surface area contributed by atoms with Gasteiger partial charge in [-0.25, -0.2) is 8.78 Å². The van der Waals surface area contributed by atoms with E-state index < -0.39 is 11.6 Å². The zero-order valence-electron chi connectivity index (χ0n) is 16.7. The Kier molecular flexibility index (Phi) is 5.57. The van der Waals surface area contributed by atoms with Gasteiger partial charge in [0.1, 0.15) is 5.75 Å². The Labute approximate surface area is 173 Å². The van der Waals surface area contributed by atoms with Crippen molar-refractivity contribution in [2.45, 2.75) is 0 Å². The smallest absolute Gasteiger partial charge is 0.254 e. The second-order valence-corrected chi connectivity index (χ2v) is 7.52. The van der Waals surface area contributed by atoms with E-state index in [1.165, 1.54) is 11.0 Å². The van der Waals surface area contributed by atoms with Crippen LogP contribution in [-0.4, -0.2) is 68.0 Å². The number of rotatable bonds is 4. The number of hydrogen-bond donors (Lipinski definition) is 0. The van der Waals surface area contributed by atoms with Gasteiger partial charge in [-0.2, -0.15) is 0 Å².